The van der Waals surface area contributed by atoms with E-state index in [0.29, 0.717) is 61.3 Å². The van der Waals surface area contributed by atoms with E-state index in [4.69, 9.17) is 14.2 Å². The van der Waals surface area contributed by atoms with Gasteiger partial charge >= 0.3 is 0 Å². The first-order valence-electron chi connectivity index (χ1n) is 14.2. The van der Waals surface area contributed by atoms with Crippen molar-refractivity contribution in [3.8, 4) is 11.5 Å². The second-order valence-corrected chi connectivity index (χ2v) is 10.5. The Morgan fingerprint density at radius 2 is 1.90 bits per heavy atom. The zero-order valence-corrected chi connectivity index (χ0v) is 24.2. The number of nitrogens with zero attached hydrogens (tertiary/aromatic N) is 4. The first-order chi connectivity index (χ1) is 19.8. The average molecular weight is 563 g/mol. The van der Waals surface area contributed by atoms with Crippen LogP contribution in [0.5, 0.6) is 11.5 Å². The lowest BCUT2D eigenvalue weighted by molar-refractivity contribution is -0.140. The first-order valence-corrected chi connectivity index (χ1v) is 14.2. The van der Waals surface area contributed by atoms with E-state index in [1.807, 2.05) is 42.6 Å². The largest absolute Gasteiger partial charge is 0.505 e. The van der Waals surface area contributed by atoms with E-state index in [9.17, 15) is 14.7 Å². The van der Waals surface area contributed by atoms with Gasteiger partial charge in [-0.2, -0.15) is 0 Å². The second-order valence-electron chi connectivity index (χ2n) is 10.5. The van der Waals surface area contributed by atoms with Gasteiger partial charge in [0.1, 0.15) is 11.3 Å². The predicted octanol–water partition coefficient (Wildman–Crippen LogP) is 3.89. The van der Waals surface area contributed by atoms with Gasteiger partial charge in [0.05, 0.1) is 44.2 Å². The van der Waals surface area contributed by atoms with Crippen molar-refractivity contribution in [3.63, 3.8) is 0 Å². The lowest BCUT2D eigenvalue weighted by atomic mass is 9.96. The molecule has 2 aliphatic rings. The number of carbonyl (C=O) groups excluding carboxylic acids is 2. The maximum absolute atomic E-state index is 13.6. The van der Waals surface area contributed by atoms with Crippen LogP contribution in [-0.4, -0.2) is 89.1 Å². The summed E-state index contributed by atoms with van der Waals surface area (Å²) < 4.78 is 18.9. The van der Waals surface area contributed by atoms with Crippen molar-refractivity contribution < 1.29 is 28.9 Å². The summed E-state index contributed by atoms with van der Waals surface area (Å²) in [6.07, 6.45) is 3.77. The third-order valence-electron chi connectivity index (χ3n) is 7.87. The number of fused-ring (bicyclic) bond motifs is 1. The smallest absolute Gasteiger partial charge is 0.295 e. The van der Waals surface area contributed by atoms with Crippen molar-refractivity contribution in [3.05, 3.63) is 64.6 Å². The Balaban J connectivity index is 1.60. The van der Waals surface area contributed by atoms with Crippen molar-refractivity contribution in [1.29, 1.82) is 0 Å². The Morgan fingerprint density at radius 1 is 1.12 bits per heavy atom. The number of rotatable bonds is 10. The summed E-state index contributed by atoms with van der Waals surface area (Å²) in [4.78, 5) is 35.6. The van der Waals surface area contributed by atoms with E-state index in [2.05, 4.69) is 16.8 Å². The number of hydrogen-bond acceptors (Lipinski definition) is 8. The van der Waals surface area contributed by atoms with Gasteiger partial charge in [0, 0.05) is 32.4 Å². The Morgan fingerprint density at radius 3 is 2.61 bits per heavy atom. The molecule has 0 bridgehead atoms. The van der Waals surface area contributed by atoms with Gasteiger partial charge in [0.15, 0.2) is 17.3 Å². The van der Waals surface area contributed by atoms with Gasteiger partial charge in [-0.05, 0) is 49.6 Å². The highest BCUT2D eigenvalue weighted by Gasteiger charge is 2.46. The van der Waals surface area contributed by atoms with Gasteiger partial charge in [-0.3, -0.25) is 14.5 Å². The molecule has 2 saturated heterocycles. The zero-order chi connectivity index (χ0) is 29.1. The molecule has 1 N–H and O–H groups in total. The van der Waals surface area contributed by atoms with Gasteiger partial charge < -0.3 is 28.6 Å². The van der Waals surface area contributed by atoms with Crippen molar-refractivity contribution >= 4 is 23.1 Å². The van der Waals surface area contributed by atoms with E-state index in [0.717, 1.165) is 31.5 Å². The Hall–Kier alpha value is -3.89. The van der Waals surface area contributed by atoms with Crippen LogP contribution in [0.3, 0.4) is 0 Å². The number of aliphatic hydroxyl groups excluding tert-OH is 1. The lowest BCUT2D eigenvalue weighted by Gasteiger charge is -2.31. The molecule has 4 heterocycles. The zero-order valence-electron chi connectivity index (χ0n) is 24.2. The standard InChI is InChI=1S/C31H38N4O6/c1-5-6-16-41-23-10-9-22(19-24(23)39-4)27-25(28(36)26-21(3)34-11-7-8-20(2)30(34)32-26)29(37)31(38)35(27)13-12-33-14-17-40-18-15-33/h7-11,19,27,36H,5-6,12-18H2,1-4H3. The molecule has 1 unspecified atom stereocenters. The molecule has 2 aliphatic heterocycles. The summed E-state index contributed by atoms with van der Waals surface area (Å²) in [5.41, 5.74) is 3.23. The summed E-state index contributed by atoms with van der Waals surface area (Å²) in [5.74, 6) is -0.585. The Kier molecular flexibility index (Phi) is 8.60. The molecule has 0 aliphatic carbocycles. The second kappa shape index (κ2) is 12.3. The number of ketones is 1. The number of methoxy groups -OCH3 is 1. The van der Waals surface area contributed by atoms with Crippen LogP contribution in [-0.2, 0) is 14.3 Å². The molecule has 2 aromatic heterocycles. The van der Waals surface area contributed by atoms with Crippen molar-refractivity contribution in [2.75, 3.05) is 53.1 Å². The highest BCUT2D eigenvalue weighted by atomic mass is 16.5. The number of pyridine rings is 1. The monoisotopic (exact) mass is 562 g/mol. The third kappa shape index (κ3) is 5.54. The highest BCUT2D eigenvalue weighted by Crippen LogP contribution is 2.42. The molecule has 2 fully saturated rings. The molecule has 0 saturated carbocycles. The highest BCUT2D eigenvalue weighted by molar-refractivity contribution is 6.46. The quantitative estimate of drug-likeness (QED) is 0.172. The molecule has 1 aromatic carbocycles. The number of benzene rings is 1. The van der Waals surface area contributed by atoms with Crippen molar-refractivity contribution in [2.24, 2.45) is 0 Å². The topological polar surface area (TPSA) is 106 Å². The maximum Gasteiger partial charge on any atom is 0.295 e. The Bertz CT molecular complexity index is 1470. The van der Waals surface area contributed by atoms with Crippen molar-refractivity contribution in [1.82, 2.24) is 19.2 Å². The van der Waals surface area contributed by atoms with Crippen LogP contribution in [0.2, 0.25) is 0 Å². The van der Waals surface area contributed by atoms with Gasteiger partial charge in [-0.25, -0.2) is 4.98 Å². The maximum atomic E-state index is 13.6. The molecule has 5 rings (SSSR count). The number of ether oxygens (including phenoxy) is 3. The molecule has 1 atom stereocenters. The van der Waals surface area contributed by atoms with Crippen LogP contribution >= 0.6 is 0 Å². The summed E-state index contributed by atoms with van der Waals surface area (Å²) in [5, 5.41) is 11.7. The fourth-order valence-corrected chi connectivity index (χ4v) is 5.51. The van der Waals surface area contributed by atoms with Crippen LogP contribution in [0.15, 0.2) is 42.1 Å². The SMILES string of the molecule is CCCCOc1ccc(C2C(=C(O)c3nc4c(C)cccn4c3C)C(=O)C(=O)N2CCN2CCOCC2)cc1OC. The summed E-state index contributed by atoms with van der Waals surface area (Å²) in [6.45, 7) is 10.1. The van der Waals surface area contributed by atoms with Crippen LogP contribution in [0.1, 0.15) is 48.3 Å². The first kappa shape index (κ1) is 28.6. The molecule has 10 nitrogen and oxygen atoms in total. The lowest BCUT2D eigenvalue weighted by Crippen LogP contribution is -2.42. The van der Waals surface area contributed by atoms with Gasteiger partial charge in [0.2, 0.25) is 0 Å². The number of carbonyl (C=O) groups is 2. The van der Waals surface area contributed by atoms with Crippen LogP contribution in [0.25, 0.3) is 11.4 Å². The number of hydrogen-bond donors (Lipinski definition) is 1. The van der Waals surface area contributed by atoms with E-state index >= 15 is 0 Å². The number of unbranched alkanes of at least 4 members (excludes halogenated alkanes) is 1. The van der Waals surface area contributed by atoms with Crippen LogP contribution < -0.4 is 9.47 Å². The van der Waals surface area contributed by atoms with Crippen molar-refractivity contribution in [2.45, 2.75) is 39.7 Å². The Labute approximate surface area is 240 Å². The minimum absolute atomic E-state index is 0.0165. The number of amides is 1. The number of aliphatic hydroxyl groups is 1. The molecule has 3 aromatic rings. The molecule has 1 amide bonds. The molecular weight excluding hydrogens is 524 g/mol. The van der Waals surface area contributed by atoms with Crippen LogP contribution in [0.4, 0.5) is 0 Å². The molecule has 0 spiro atoms. The normalized spacial score (nSPS) is 19.3. The minimum Gasteiger partial charge on any atom is -0.505 e. The van der Waals surface area contributed by atoms with E-state index in [1.165, 1.54) is 0 Å². The average Bonchev–Trinajstić information content (AvgIpc) is 3.46. The molecule has 10 heteroatoms. The van der Waals surface area contributed by atoms with Gasteiger partial charge in [0.25, 0.3) is 11.7 Å². The van der Waals surface area contributed by atoms with Gasteiger partial charge in [-0.15, -0.1) is 0 Å². The number of aromatic nitrogens is 2. The number of imidazole rings is 1. The number of aryl methyl sites for hydroxylation is 2. The van der Waals surface area contributed by atoms with E-state index in [1.54, 1.807) is 24.1 Å². The number of morpholine rings is 1. The predicted molar refractivity (Wildman–Crippen MR) is 154 cm³/mol. The van der Waals surface area contributed by atoms with Crippen LogP contribution in [0, 0.1) is 13.8 Å². The fraction of sp³-hybridized carbons (Fsp3) is 0.452. The number of Topliss-reactive ketones (excluding diaryl/α,β-unsaturated/α-hetero) is 1. The summed E-state index contributed by atoms with van der Waals surface area (Å²) in [6, 6.07) is 8.43. The van der Waals surface area contributed by atoms with E-state index in [-0.39, 0.29) is 17.0 Å². The number of likely N-dealkylation sites (tertiary alicyclic amines) is 1. The fourth-order valence-electron chi connectivity index (χ4n) is 5.51. The van der Waals surface area contributed by atoms with Gasteiger partial charge in [-0.1, -0.05) is 25.5 Å². The summed E-state index contributed by atoms with van der Waals surface area (Å²) in [7, 11) is 1.56. The molecular formula is C31H38N4O6. The minimum atomic E-state index is -0.819. The molecule has 41 heavy (non-hydrogen) atoms. The molecule has 0 radical (unpaired) electrons. The third-order valence-corrected chi connectivity index (χ3v) is 7.87. The van der Waals surface area contributed by atoms with E-state index < -0.39 is 17.7 Å². The molecule has 218 valence electrons. The summed E-state index contributed by atoms with van der Waals surface area (Å²) >= 11 is 0.